The second-order valence-electron chi connectivity index (χ2n) is 5.31. The largest absolute Gasteiger partial charge is 0.383 e. The van der Waals surface area contributed by atoms with Crippen LogP contribution in [0, 0.1) is 5.92 Å². The Kier molecular flexibility index (Phi) is 7.82. The summed E-state index contributed by atoms with van der Waals surface area (Å²) in [4.78, 5) is 2.63. The van der Waals surface area contributed by atoms with E-state index in [1.807, 2.05) is 0 Å². The number of rotatable bonds is 8. The fourth-order valence-corrected chi connectivity index (χ4v) is 2.70. The highest BCUT2D eigenvalue weighted by Crippen LogP contribution is 2.22. The monoisotopic (exact) mass is 242 g/mol. The summed E-state index contributed by atoms with van der Waals surface area (Å²) in [7, 11) is 1.75. The van der Waals surface area contributed by atoms with Crippen molar-refractivity contribution in [3.05, 3.63) is 0 Å². The molecule has 17 heavy (non-hydrogen) atoms. The first-order chi connectivity index (χ1) is 8.27. The number of methoxy groups -OCH3 is 1. The van der Waals surface area contributed by atoms with Gasteiger partial charge in [0.15, 0.2) is 0 Å². The maximum atomic E-state index is 5.03. The molecule has 0 bridgehead atoms. The van der Waals surface area contributed by atoms with E-state index in [1.54, 1.807) is 7.11 Å². The fraction of sp³-hybridized carbons (Fsp3) is 1.00. The highest BCUT2D eigenvalue weighted by Gasteiger charge is 2.21. The van der Waals surface area contributed by atoms with Crippen LogP contribution in [0.5, 0.6) is 0 Å². The Labute approximate surface area is 107 Å². The third-order valence-electron chi connectivity index (χ3n) is 3.89. The van der Waals surface area contributed by atoms with Crippen LogP contribution in [0.2, 0.25) is 0 Å². The van der Waals surface area contributed by atoms with Gasteiger partial charge >= 0.3 is 0 Å². The van der Waals surface area contributed by atoms with Crippen LogP contribution >= 0.6 is 0 Å². The molecule has 1 saturated heterocycles. The van der Waals surface area contributed by atoms with Gasteiger partial charge < -0.3 is 10.1 Å². The Bertz CT molecular complexity index is 179. The first kappa shape index (κ1) is 14.9. The Balaban J connectivity index is 2.10. The molecule has 0 radical (unpaired) electrons. The van der Waals surface area contributed by atoms with Crippen LogP contribution in [0.1, 0.15) is 39.5 Å². The van der Waals surface area contributed by atoms with Crippen molar-refractivity contribution in [2.75, 3.05) is 39.9 Å². The van der Waals surface area contributed by atoms with E-state index in [0.717, 1.165) is 25.6 Å². The summed E-state index contributed by atoms with van der Waals surface area (Å²) in [5.41, 5.74) is 0. The zero-order chi connectivity index (χ0) is 12.5. The van der Waals surface area contributed by atoms with Crippen LogP contribution in [0.4, 0.5) is 0 Å². The lowest BCUT2D eigenvalue weighted by Gasteiger charge is -2.36. The molecule has 1 atom stereocenters. The molecule has 0 saturated carbocycles. The van der Waals surface area contributed by atoms with Crippen LogP contribution in [0.15, 0.2) is 0 Å². The maximum Gasteiger partial charge on any atom is 0.0587 e. The number of hydrogen-bond acceptors (Lipinski definition) is 3. The maximum absolute atomic E-state index is 5.03. The lowest BCUT2D eigenvalue weighted by atomic mass is 9.92. The zero-order valence-electron chi connectivity index (χ0n) is 11.9. The van der Waals surface area contributed by atoms with Crippen LogP contribution < -0.4 is 5.32 Å². The van der Waals surface area contributed by atoms with E-state index >= 15 is 0 Å². The van der Waals surface area contributed by atoms with E-state index in [0.29, 0.717) is 6.04 Å². The summed E-state index contributed by atoms with van der Waals surface area (Å²) in [5, 5.41) is 3.45. The standard InChI is InChI=1S/C14H30N2O/c1-4-5-14-6-9-16(10-7-14)13(2)12-15-8-11-17-3/h13-15H,4-12H2,1-3H3. The molecule has 1 aliphatic rings. The summed E-state index contributed by atoms with van der Waals surface area (Å²) in [6, 6.07) is 0.662. The quantitative estimate of drug-likeness (QED) is 0.660. The predicted octanol–water partition coefficient (Wildman–Crippen LogP) is 2.12. The van der Waals surface area contributed by atoms with Crippen molar-refractivity contribution in [3.63, 3.8) is 0 Å². The minimum atomic E-state index is 0.662. The van der Waals surface area contributed by atoms with E-state index < -0.39 is 0 Å². The van der Waals surface area contributed by atoms with Crippen LogP contribution in [0.25, 0.3) is 0 Å². The molecule has 3 heteroatoms. The molecule has 1 rings (SSSR count). The number of nitrogens with one attached hydrogen (secondary N) is 1. The van der Waals surface area contributed by atoms with Gasteiger partial charge in [0.25, 0.3) is 0 Å². The molecule has 1 aliphatic heterocycles. The normalized spacial score (nSPS) is 20.6. The zero-order valence-corrected chi connectivity index (χ0v) is 11.9. The molecule has 0 aliphatic carbocycles. The van der Waals surface area contributed by atoms with E-state index in [-0.39, 0.29) is 0 Å². The van der Waals surface area contributed by atoms with Crippen molar-refractivity contribution in [3.8, 4) is 0 Å². The summed E-state index contributed by atoms with van der Waals surface area (Å²) < 4.78 is 5.03. The molecular weight excluding hydrogens is 212 g/mol. The summed E-state index contributed by atoms with van der Waals surface area (Å²) in [6.45, 7) is 10.1. The van der Waals surface area contributed by atoms with E-state index in [9.17, 15) is 0 Å². The van der Waals surface area contributed by atoms with Crippen molar-refractivity contribution < 1.29 is 4.74 Å². The van der Waals surface area contributed by atoms with Gasteiger partial charge in [-0.2, -0.15) is 0 Å². The van der Waals surface area contributed by atoms with Gasteiger partial charge in [-0.25, -0.2) is 0 Å². The molecule has 3 nitrogen and oxygen atoms in total. The number of likely N-dealkylation sites (tertiary alicyclic amines) is 1. The molecule has 1 N–H and O–H groups in total. The summed E-state index contributed by atoms with van der Waals surface area (Å²) in [5.74, 6) is 0.991. The fourth-order valence-electron chi connectivity index (χ4n) is 2.70. The molecule has 1 unspecified atom stereocenters. The molecule has 0 amide bonds. The van der Waals surface area contributed by atoms with Gasteiger partial charge in [0, 0.05) is 26.2 Å². The van der Waals surface area contributed by atoms with Crippen molar-refractivity contribution in [1.82, 2.24) is 10.2 Å². The number of nitrogens with zero attached hydrogens (tertiary/aromatic N) is 1. The average molecular weight is 242 g/mol. The smallest absolute Gasteiger partial charge is 0.0587 e. The lowest BCUT2D eigenvalue weighted by molar-refractivity contribution is 0.132. The number of hydrogen-bond donors (Lipinski definition) is 1. The molecule has 0 aromatic carbocycles. The van der Waals surface area contributed by atoms with Gasteiger partial charge in [-0.05, 0) is 38.8 Å². The Morgan fingerprint density at radius 2 is 2.06 bits per heavy atom. The molecule has 102 valence electrons. The molecule has 0 aromatic rings. The number of piperidine rings is 1. The predicted molar refractivity (Wildman–Crippen MR) is 73.4 cm³/mol. The minimum absolute atomic E-state index is 0.662. The van der Waals surface area contributed by atoms with Crippen LogP contribution in [-0.2, 0) is 4.74 Å². The van der Waals surface area contributed by atoms with Gasteiger partial charge in [0.2, 0.25) is 0 Å². The highest BCUT2D eigenvalue weighted by atomic mass is 16.5. The Morgan fingerprint density at radius 1 is 1.35 bits per heavy atom. The van der Waals surface area contributed by atoms with Crippen molar-refractivity contribution in [2.24, 2.45) is 5.92 Å². The summed E-state index contributed by atoms with van der Waals surface area (Å²) in [6.07, 6.45) is 5.57. The third-order valence-corrected chi connectivity index (χ3v) is 3.89. The molecule has 1 heterocycles. The lowest BCUT2D eigenvalue weighted by Crippen LogP contribution is -2.45. The summed E-state index contributed by atoms with van der Waals surface area (Å²) >= 11 is 0. The van der Waals surface area contributed by atoms with Crippen molar-refractivity contribution >= 4 is 0 Å². The minimum Gasteiger partial charge on any atom is -0.383 e. The topological polar surface area (TPSA) is 24.5 Å². The van der Waals surface area contributed by atoms with Gasteiger partial charge in [0.1, 0.15) is 0 Å². The SMILES string of the molecule is CCCC1CCN(C(C)CNCCOC)CC1. The molecule has 1 fully saturated rings. The van der Waals surface area contributed by atoms with Crippen LogP contribution in [-0.4, -0.2) is 50.8 Å². The van der Waals surface area contributed by atoms with Crippen LogP contribution in [0.3, 0.4) is 0 Å². The van der Waals surface area contributed by atoms with Crippen molar-refractivity contribution in [1.29, 1.82) is 0 Å². The van der Waals surface area contributed by atoms with Crippen molar-refractivity contribution in [2.45, 2.75) is 45.6 Å². The molecular formula is C14H30N2O. The van der Waals surface area contributed by atoms with E-state index in [1.165, 1.54) is 38.8 Å². The third kappa shape index (κ3) is 5.84. The van der Waals surface area contributed by atoms with E-state index in [2.05, 4.69) is 24.1 Å². The Morgan fingerprint density at radius 3 is 2.65 bits per heavy atom. The van der Waals surface area contributed by atoms with Gasteiger partial charge in [-0.15, -0.1) is 0 Å². The molecule has 0 spiro atoms. The second kappa shape index (κ2) is 8.90. The average Bonchev–Trinajstić information content (AvgIpc) is 2.36. The first-order valence-corrected chi connectivity index (χ1v) is 7.21. The Hall–Kier alpha value is -0.120. The van der Waals surface area contributed by atoms with Gasteiger partial charge in [-0.3, -0.25) is 4.90 Å². The van der Waals surface area contributed by atoms with Gasteiger partial charge in [-0.1, -0.05) is 19.8 Å². The second-order valence-corrected chi connectivity index (χ2v) is 5.31. The molecule has 0 aromatic heterocycles. The van der Waals surface area contributed by atoms with E-state index in [4.69, 9.17) is 4.74 Å². The highest BCUT2D eigenvalue weighted by molar-refractivity contribution is 4.77. The first-order valence-electron chi connectivity index (χ1n) is 7.21. The van der Waals surface area contributed by atoms with Gasteiger partial charge in [0.05, 0.1) is 6.61 Å². The number of ether oxygens (including phenoxy) is 1.